The smallest absolute Gasteiger partial charge is 0.219 e. The number of anilines is 2. The number of fused-ring (bicyclic) bond motifs is 1. The number of aryl methyl sites for hydroxylation is 1. The summed E-state index contributed by atoms with van der Waals surface area (Å²) in [7, 11) is -2.98. The predicted octanol–water partition coefficient (Wildman–Crippen LogP) is 1.88. The van der Waals surface area contributed by atoms with Gasteiger partial charge in [-0.15, -0.1) is 11.3 Å². The molecule has 5 heterocycles. The van der Waals surface area contributed by atoms with Crippen LogP contribution < -0.4 is 10.6 Å². The van der Waals surface area contributed by atoms with Crippen LogP contribution in [0.3, 0.4) is 0 Å². The summed E-state index contributed by atoms with van der Waals surface area (Å²) >= 11 is 1.73. The number of hydrogen-bond acceptors (Lipinski definition) is 11. The van der Waals surface area contributed by atoms with Crippen LogP contribution in [0.4, 0.5) is 11.8 Å². The average Bonchev–Trinajstić information content (AvgIpc) is 3.14. The molecule has 0 saturated carbocycles. The lowest BCUT2D eigenvalue weighted by Crippen LogP contribution is -2.38. The van der Waals surface area contributed by atoms with Crippen molar-refractivity contribution < 1.29 is 13.2 Å². The molecular formula is C22H29N7O3S2. The number of aromatic nitrogens is 4. The molecule has 0 unspecified atom stereocenters. The van der Waals surface area contributed by atoms with E-state index in [9.17, 15) is 8.42 Å². The monoisotopic (exact) mass is 503 g/mol. The van der Waals surface area contributed by atoms with E-state index in [-0.39, 0.29) is 11.2 Å². The number of hydrogen-bond donors (Lipinski definition) is 1. The van der Waals surface area contributed by atoms with Crippen LogP contribution >= 0.6 is 11.3 Å². The highest BCUT2D eigenvalue weighted by Gasteiger charge is 2.28. The lowest BCUT2D eigenvalue weighted by Gasteiger charge is -2.30. The van der Waals surface area contributed by atoms with Crippen LogP contribution in [0.15, 0.2) is 12.4 Å². The number of likely N-dealkylation sites (tertiary alicyclic amines) is 1. The molecule has 2 fully saturated rings. The number of nitrogen functional groups attached to an aromatic ring is 1. The summed E-state index contributed by atoms with van der Waals surface area (Å²) < 4.78 is 30.5. The van der Waals surface area contributed by atoms with Crippen LogP contribution in [-0.2, 0) is 21.1 Å². The van der Waals surface area contributed by atoms with Gasteiger partial charge in [-0.1, -0.05) is 0 Å². The Kier molecular flexibility index (Phi) is 6.40. The lowest BCUT2D eigenvalue weighted by molar-refractivity contribution is 0.122. The Morgan fingerprint density at radius 1 is 1.12 bits per heavy atom. The molecule has 0 bridgehead atoms. The first kappa shape index (κ1) is 23.3. The summed E-state index contributed by atoms with van der Waals surface area (Å²) in [4.78, 5) is 23.9. The second-order valence-corrected chi connectivity index (χ2v) is 12.4. The summed E-state index contributed by atoms with van der Waals surface area (Å²) in [6.07, 6.45) is 6.02. The minimum atomic E-state index is -2.98. The van der Waals surface area contributed by atoms with Gasteiger partial charge in [-0.05, 0) is 38.4 Å². The molecule has 2 saturated heterocycles. The summed E-state index contributed by atoms with van der Waals surface area (Å²) in [5, 5.41) is -0.226. The largest absolute Gasteiger partial charge is 0.378 e. The Labute approximate surface area is 203 Å². The Morgan fingerprint density at radius 3 is 2.44 bits per heavy atom. The molecule has 0 aromatic carbocycles. The fraction of sp³-hybridized carbons (Fsp3) is 0.545. The zero-order valence-electron chi connectivity index (χ0n) is 19.4. The quantitative estimate of drug-likeness (QED) is 0.551. The maximum atomic E-state index is 11.9. The van der Waals surface area contributed by atoms with Gasteiger partial charge in [-0.25, -0.2) is 28.4 Å². The fourth-order valence-electron chi connectivity index (χ4n) is 4.54. The van der Waals surface area contributed by atoms with Gasteiger partial charge in [0.25, 0.3) is 0 Å². The molecule has 2 aliphatic heterocycles. The second-order valence-electron chi connectivity index (χ2n) is 8.93. The molecule has 5 rings (SSSR count). The highest BCUT2D eigenvalue weighted by Crippen LogP contribution is 2.38. The van der Waals surface area contributed by atoms with Crippen LogP contribution in [0, 0.1) is 6.92 Å². The van der Waals surface area contributed by atoms with Crippen molar-refractivity contribution in [2.24, 2.45) is 0 Å². The van der Waals surface area contributed by atoms with Crippen molar-refractivity contribution in [2.75, 3.05) is 56.3 Å². The van der Waals surface area contributed by atoms with E-state index < -0.39 is 9.84 Å². The van der Waals surface area contributed by atoms with Crippen molar-refractivity contribution >= 4 is 43.2 Å². The molecule has 0 amide bonds. The Hall–Kier alpha value is -2.41. The Balaban J connectivity index is 1.49. The SMILES string of the molecule is Cc1c(CN2CCC(S(C)(=O)=O)CC2)sc2c(N3CCOCC3)nc(-c3cnc(N)nc3)nc12. The van der Waals surface area contributed by atoms with Crippen molar-refractivity contribution in [1.82, 2.24) is 24.8 Å². The summed E-state index contributed by atoms with van der Waals surface area (Å²) in [5.74, 6) is 1.71. The molecule has 12 heteroatoms. The normalized spacial score (nSPS) is 18.6. The number of nitrogens with zero attached hydrogens (tertiary/aromatic N) is 6. The van der Waals surface area contributed by atoms with Crippen molar-refractivity contribution in [2.45, 2.75) is 31.6 Å². The molecule has 34 heavy (non-hydrogen) atoms. The molecule has 0 spiro atoms. The van der Waals surface area contributed by atoms with Crippen LogP contribution in [0.2, 0.25) is 0 Å². The summed E-state index contributed by atoms with van der Waals surface area (Å²) in [6, 6.07) is 0. The Bertz CT molecular complexity index is 1280. The molecular weight excluding hydrogens is 474 g/mol. The van der Waals surface area contributed by atoms with E-state index >= 15 is 0 Å². The number of rotatable bonds is 5. The number of nitrogens with two attached hydrogens (primary N) is 1. The van der Waals surface area contributed by atoms with Gasteiger partial charge in [-0.3, -0.25) is 4.90 Å². The van der Waals surface area contributed by atoms with Gasteiger partial charge in [0.1, 0.15) is 9.84 Å². The number of thiophene rings is 1. The van der Waals surface area contributed by atoms with Crippen LogP contribution in [0.5, 0.6) is 0 Å². The van der Waals surface area contributed by atoms with Gasteiger partial charge in [0.05, 0.1) is 34.2 Å². The number of sulfone groups is 1. The molecule has 2 aliphatic rings. The molecule has 3 aromatic rings. The van der Waals surface area contributed by atoms with Crippen LogP contribution in [0.25, 0.3) is 21.6 Å². The van der Waals surface area contributed by atoms with E-state index in [0.29, 0.717) is 31.9 Å². The fourth-order valence-corrected chi connectivity index (χ4v) is 6.91. The molecule has 3 aromatic heterocycles. The molecule has 0 aliphatic carbocycles. The Morgan fingerprint density at radius 2 is 1.79 bits per heavy atom. The van der Waals surface area contributed by atoms with E-state index in [1.165, 1.54) is 11.1 Å². The third-order valence-corrected chi connectivity index (χ3v) is 9.54. The number of morpholine rings is 1. The van der Waals surface area contributed by atoms with Crippen molar-refractivity contribution in [3.8, 4) is 11.4 Å². The molecule has 182 valence electrons. The summed E-state index contributed by atoms with van der Waals surface area (Å²) in [5.41, 5.74) is 8.47. The van der Waals surface area contributed by atoms with Gasteiger partial charge in [0.15, 0.2) is 11.6 Å². The van der Waals surface area contributed by atoms with Crippen LogP contribution in [0.1, 0.15) is 23.3 Å². The second kappa shape index (κ2) is 9.33. The molecule has 2 N–H and O–H groups in total. The topological polar surface area (TPSA) is 127 Å². The van der Waals surface area contributed by atoms with Gasteiger partial charge in [0, 0.05) is 43.2 Å². The van der Waals surface area contributed by atoms with Crippen molar-refractivity contribution in [1.29, 1.82) is 0 Å². The minimum Gasteiger partial charge on any atom is -0.378 e. The number of ether oxygens (including phenoxy) is 1. The van der Waals surface area contributed by atoms with Crippen LogP contribution in [-0.4, -0.2) is 84.2 Å². The van der Waals surface area contributed by atoms with Crippen molar-refractivity contribution in [3.05, 3.63) is 22.8 Å². The molecule has 10 nitrogen and oxygen atoms in total. The molecule has 0 atom stereocenters. The third-order valence-electron chi connectivity index (χ3n) is 6.59. The highest BCUT2D eigenvalue weighted by molar-refractivity contribution is 7.91. The zero-order chi connectivity index (χ0) is 23.9. The molecule has 0 radical (unpaired) electrons. The average molecular weight is 504 g/mol. The lowest BCUT2D eigenvalue weighted by atomic mass is 10.1. The van der Waals surface area contributed by atoms with E-state index in [4.69, 9.17) is 20.4 Å². The van der Waals surface area contributed by atoms with E-state index in [2.05, 4.69) is 26.7 Å². The standard InChI is InChI=1S/C22H29N7O3S2/c1-14-17(13-28-5-3-16(4-6-28)34(2,30)31)33-19-18(14)26-20(15-11-24-22(23)25-12-15)27-21(19)29-7-9-32-10-8-29/h11-12,16H,3-10,13H2,1-2H3,(H2,23,24,25). The first-order valence-corrected chi connectivity index (χ1v) is 14.2. The first-order chi connectivity index (χ1) is 16.3. The van der Waals surface area contributed by atoms with Gasteiger partial charge < -0.3 is 15.4 Å². The highest BCUT2D eigenvalue weighted by atomic mass is 32.2. The first-order valence-electron chi connectivity index (χ1n) is 11.4. The predicted molar refractivity (Wildman–Crippen MR) is 134 cm³/mol. The van der Waals surface area contributed by atoms with E-state index in [1.54, 1.807) is 23.7 Å². The van der Waals surface area contributed by atoms with E-state index in [1.807, 2.05) is 0 Å². The maximum Gasteiger partial charge on any atom is 0.219 e. The number of piperidine rings is 1. The minimum absolute atomic E-state index is 0.215. The van der Waals surface area contributed by atoms with Gasteiger partial charge in [-0.2, -0.15) is 0 Å². The third kappa shape index (κ3) is 4.72. The van der Waals surface area contributed by atoms with Gasteiger partial charge >= 0.3 is 0 Å². The van der Waals surface area contributed by atoms with E-state index in [0.717, 1.165) is 59.9 Å². The summed E-state index contributed by atoms with van der Waals surface area (Å²) in [6.45, 7) is 7.33. The zero-order valence-corrected chi connectivity index (χ0v) is 21.0. The maximum absolute atomic E-state index is 11.9. The van der Waals surface area contributed by atoms with Gasteiger partial charge in [0.2, 0.25) is 5.95 Å². The van der Waals surface area contributed by atoms with Crippen molar-refractivity contribution in [3.63, 3.8) is 0 Å².